The number of carbonyl (C=O) groups is 3. The molecule has 3 aliphatic rings. The molecule has 2 aromatic rings. The van der Waals surface area contributed by atoms with Gasteiger partial charge in [-0.3, -0.25) is 24.3 Å². The van der Waals surface area contributed by atoms with Crippen molar-refractivity contribution in [2.75, 3.05) is 6.54 Å². The number of likely N-dealkylation sites (tertiary alicyclic amines) is 1. The van der Waals surface area contributed by atoms with Crippen LogP contribution in [0.1, 0.15) is 34.5 Å². The van der Waals surface area contributed by atoms with Crippen LogP contribution in [0.4, 0.5) is 0 Å². The Bertz CT molecular complexity index is 1070. The highest BCUT2D eigenvalue weighted by Crippen LogP contribution is 2.52. The zero-order valence-corrected chi connectivity index (χ0v) is 16.4. The van der Waals surface area contributed by atoms with E-state index in [1.54, 1.807) is 42.4 Å². The van der Waals surface area contributed by atoms with Crippen molar-refractivity contribution in [1.82, 2.24) is 9.91 Å². The number of carbonyl (C=O) groups excluding carboxylic acids is 3. The fourth-order valence-corrected chi connectivity index (χ4v) is 4.95. The van der Waals surface area contributed by atoms with Crippen molar-refractivity contribution in [3.05, 3.63) is 70.2 Å². The van der Waals surface area contributed by atoms with Crippen molar-refractivity contribution in [3.63, 3.8) is 0 Å². The van der Waals surface area contributed by atoms with Crippen LogP contribution in [0.5, 0.6) is 0 Å². The number of hydrogen-bond donors (Lipinski definition) is 0. The molecule has 3 aliphatic heterocycles. The topological polar surface area (TPSA) is 70.1 Å². The number of ketones is 1. The number of imide groups is 1. The number of hydrazone groups is 1. The van der Waals surface area contributed by atoms with Crippen molar-refractivity contribution in [2.24, 2.45) is 16.9 Å². The molecule has 146 valence electrons. The lowest BCUT2D eigenvalue weighted by Gasteiger charge is -2.33. The third kappa shape index (κ3) is 2.48. The molecule has 7 heteroatoms. The third-order valence-electron chi connectivity index (χ3n) is 6.10. The van der Waals surface area contributed by atoms with Gasteiger partial charge in [0.25, 0.3) is 0 Å². The number of rotatable bonds is 3. The molecule has 0 unspecified atom stereocenters. The van der Waals surface area contributed by atoms with Gasteiger partial charge in [0.15, 0.2) is 5.78 Å². The highest BCUT2D eigenvalue weighted by atomic mass is 35.5. The second kappa shape index (κ2) is 6.52. The van der Waals surface area contributed by atoms with Gasteiger partial charge in [-0.15, -0.1) is 0 Å². The maximum absolute atomic E-state index is 13.5. The molecule has 2 saturated heterocycles. The van der Waals surface area contributed by atoms with Crippen LogP contribution in [-0.2, 0) is 9.59 Å². The number of nitrogens with zero attached hydrogens (tertiary/aromatic N) is 3. The number of hydrogen-bond acceptors (Lipinski definition) is 5. The van der Waals surface area contributed by atoms with Gasteiger partial charge in [-0.1, -0.05) is 35.9 Å². The summed E-state index contributed by atoms with van der Waals surface area (Å²) >= 11 is 5.96. The van der Waals surface area contributed by atoms with Crippen molar-refractivity contribution in [1.29, 1.82) is 0 Å². The minimum Gasteiger partial charge on any atom is -0.292 e. The van der Waals surface area contributed by atoms with E-state index >= 15 is 0 Å². The maximum atomic E-state index is 13.5. The normalized spacial score (nSPS) is 27.1. The molecule has 0 spiro atoms. The summed E-state index contributed by atoms with van der Waals surface area (Å²) in [5.41, 5.74) is 2.27. The maximum Gasteiger partial charge on any atom is 0.235 e. The largest absolute Gasteiger partial charge is 0.292 e. The molecule has 3 heterocycles. The SMILES string of the molecule is CCN1C(=O)[C@@H]2[C@H](C1=O)[C@@H]1c3ccccc3C=NN1[C@H]2C(=O)c1ccc(Cl)cc1. The minimum atomic E-state index is -0.830. The van der Waals surface area contributed by atoms with E-state index in [4.69, 9.17) is 11.6 Å². The fraction of sp³-hybridized carbons (Fsp3) is 0.273. The lowest BCUT2D eigenvalue weighted by Crippen LogP contribution is -2.44. The van der Waals surface area contributed by atoms with Gasteiger partial charge in [0.05, 0.1) is 24.1 Å². The summed E-state index contributed by atoms with van der Waals surface area (Å²) in [4.78, 5) is 41.0. The fourth-order valence-electron chi connectivity index (χ4n) is 4.83. The molecule has 2 aromatic carbocycles. The Hall–Kier alpha value is -2.99. The zero-order chi connectivity index (χ0) is 20.3. The lowest BCUT2D eigenvalue weighted by molar-refractivity contribution is -0.141. The van der Waals surface area contributed by atoms with Crippen LogP contribution in [0, 0.1) is 11.8 Å². The quantitative estimate of drug-likeness (QED) is 0.579. The van der Waals surface area contributed by atoms with Gasteiger partial charge in [0.2, 0.25) is 11.8 Å². The number of fused-ring (bicyclic) bond motifs is 5. The van der Waals surface area contributed by atoms with E-state index in [9.17, 15) is 14.4 Å². The van der Waals surface area contributed by atoms with Crippen LogP contribution < -0.4 is 0 Å². The molecule has 0 aromatic heterocycles. The summed E-state index contributed by atoms with van der Waals surface area (Å²) in [6.07, 6.45) is 1.70. The molecule has 5 rings (SSSR count). The zero-order valence-electron chi connectivity index (χ0n) is 15.7. The van der Waals surface area contributed by atoms with Crippen LogP contribution in [0.3, 0.4) is 0 Å². The Labute approximate surface area is 172 Å². The van der Waals surface area contributed by atoms with E-state index in [-0.39, 0.29) is 17.6 Å². The van der Waals surface area contributed by atoms with E-state index in [1.165, 1.54) is 4.90 Å². The Morgan fingerprint density at radius 2 is 1.72 bits per heavy atom. The molecule has 29 heavy (non-hydrogen) atoms. The molecule has 0 radical (unpaired) electrons. The molecule has 0 aliphatic carbocycles. The number of amides is 2. The van der Waals surface area contributed by atoms with Crippen LogP contribution >= 0.6 is 11.6 Å². The Kier molecular flexibility index (Phi) is 4.06. The van der Waals surface area contributed by atoms with Gasteiger partial charge in [-0.05, 0) is 42.3 Å². The molecule has 0 N–H and O–H groups in total. The van der Waals surface area contributed by atoms with Gasteiger partial charge in [0, 0.05) is 17.1 Å². The summed E-state index contributed by atoms with van der Waals surface area (Å²) in [6, 6.07) is 13.0. The van der Waals surface area contributed by atoms with Crippen molar-refractivity contribution < 1.29 is 14.4 Å². The highest BCUT2D eigenvalue weighted by molar-refractivity contribution is 6.30. The van der Waals surface area contributed by atoms with Gasteiger partial charge >= 0.3 is 0 Å². The monoisotopic (exact) mass is 407 g/mol. The number of halogens is 1. The summed E-state index contributed by atoms with van der Waals surface area (Å²) in [5, 5.41) is 6.71. The molecule has 0 saturated carbocycles. The van der Waals surface area contributed by atoms with E-state index in [0.29, 0.717) is 17.1 Å². The number of benzene rings is 2. The van der Waals surface area contributed by atoms with Crippen LogP contribution in [0.2, 0.25) is 5.02 Å². The van der Waals surface area contributed by atoms with Gasteiger partial charge in [-0.2, -0.15) is 5.10 Å². The smallest absolute Gasteiger partial charge is 0.235 e. The molecule has 6 nitrogen and oxygen atoms in total. The summed E-state index contributed by atoms with van der Waals surface area (Å²) < 4.78 is 0. The first kappa shape index (κ1) is 18.1. The first-order valence-corrected chi connectivity index (χ1v) is 9.97. The average Bonchev–Trinajstić information content (AvgIpc) is 3.21. The van der Waals surface area contributed by atoms with Crippen LogP contribution in [0.15, 0.2) is 53.6 Å². The van der Waals surface area contributed by atoms with E-state index < -0.39 is 23.9 Å². The summed E-state index contributed by atoms with van der Waals surface area (Å²) in [6.45, 7) is 2.07. The van der Waals surface area contributed by atoms with E-state index in [1.807, 2.05) is 24.3 Å². The molecule has 4 atom stereocenters. The molecule has 0 bridgehead atoms. The lowest BCUT2D eigenvalue weighted by atomic mass is 9.83. The third-order valence-corrected chi connectivity index (χ3v) is 6.35. The summed E-state index contributed by atoms with van der Waals surface area (Å²) in [5.74, 6) is -2.12. The van der Waals surface area contributed by atoms with Gasteiger partial charge in [0.1, 0.15) is 6.04 Å². The predicted molar refractivity (Wildman–Crippen MR) is 108 cm³/mol. The molecular weight excluding hydrogens is 390 g/mol. The Balaban J connectivity index is 1.65. The first-order chi connectivity index (χ1) is 14.0. The number of Topliss-reactive ketones (excluding diaryl/α,β-unsaturated/α-hetero) is 1. The molecule has 2 amide bonds. The van der Waals surface area contributed by atoms with Crippen molar-refractivity contribution in [2.45, 2.75) is 19.0 Å². The highest BCUT2D eigenvalue weighted by Gasteiger charge is 2.64. The van der Waals surface area contributed by atoms with Crippen molar-refractivity contribution >= 4 is 35.4 Å². The molecular formula is C22H18ClN3O3. The van der Waals surface area contributed by atoms with E-state index in [0.717, 1.165) is 11.1 Å². The summed E-state index contributed by atoms with van der Waals surface area (Å²) in [7, 11) is 0. The van der Waals surface area contributed by atoms with Crippen molar-refractivity contribution in [3.8, 4) is 0 Å². The standard InChI is InChI=1S/C22H18ClN3O3/c1-2-25-21(28)16-17(22(25)29)19(20(27)12-7-9-14(23)10-8-12)26-18(16)15-6-4-3-5-13(15)11-24-26/h3-11,16-19H,2H2,1H3/t16-,17+,18-,19+/m0/s1. The second-order valence-corrected chi connectivity index (χ2v) is 7.92. The van der Waals surface area contributed by atoms with Gasteiger partial charge < -0.3 is 0 Å². The average molecular weight is 408 g/mol. The Morgan fingerprint density at radius 1 is 1.03 bits per heavy atom. The Morgan fingerprint density at radius 3 is 2.45 bits per heavy atom. The minimum absolute atomic E-state index is 0.226. The predicted octanol–water partition coefficient (Wildman–Crippen LogP) is 2.92. The van der Waals surface area contributed by atoms with Gasteiger partial charge in [-0.25, -0.2) is 0 Å². The second-order valence-electron chi connectivity index (χ2n) is 7.49. The van der Waals surface area contributed by atoms with Crippen LogP contribution in [0.25, 0.3) is 0 Å². The van der Waals surface area contributed by atoms with Crippen LogP contribution in [-0.4, -0.2) is 46.3 Å². The molecule has 2 fully saturated rings. The van der Waals surface area contributed by atoms with E-state index in [2.05, 4.69) is 5.10 Å². The first-order valence-electron chi connectivity index (χ1n) is 9.59.